The van der Waals surface area contributed by atoms with Gasteiger partial charge in [0.15, 0.2) is 0 Å². The zero-order chi connectivity index (χ0) is 22.1. The summed E-state index contributed by atoms with van der Waals surface area (Å²) >= 11 is -0.231. The molecule has 1 N–H and O–H groups in total. The number of halogens is 3. The third kappa shape index (κ3) is 4.72. The molecule has 0 aliphatic carbocycles. The van der Waals surface area contributed by atoms with Crippen LogP contribution in [0.3, 0.4) is 0 Å². The quantitative estimate of drug-likeness (QED) is 0.532. The Hall–Kier alpha value is -2.68. The lowest BCUT2D eigenvalue weighted by atomic mass is 9.97. The van der Waals surface area contributed by atoms with Gasteiger partial charge >= 0.3 is 11.2 Å². The number of hydrogen-bond acceptors (Lipinski definition) is 4. The van der Waals surface area contributed by atoms with Crippen LogP contribution in [-0.4, -0.2) is 24.7 Å². The minimum atomic E-state index is -4.39. The average molecular weight is 437 g/mol. The Kier molecular flexibility index (Phi) is 6.30. The van der Waals surface area contributed by atoms with Gasteiger partial charge < -0.3 is 5.11 Å². The van der Waals surface area contributed by atoms with Crippen LogP contribution in [0.15, 0.2) is 58.5 Å². The maximum atomic E-state index is 13.3. The molecule has 9 heteroatoms. The van der Waals surface area contributed by atoms with Gasteiger partial charge in [-0.2, -0.15) is 13.2 Å². The number of nitrogens with zero attached hydrogens (tertiary/aromatic N) is 3. The molecule has 1 atom stereocenters. The lowest BCUT2D eigenvalue weighted by molar-refractivity contribution is -0.0328. The molecule has 1 unspecified atom stereocenters. The Bertz CT molecular complexity index is 1060. The first kappa shape index (κ1) is 22.0. The molecular formula is C21H22F3N3O2S. The molecule has 0 saturated carbocycles. The second-order valence-electron chi connectivity index (χ2n) is 7.36. The lowest BCUT2D eigenvalue weighted by Crippen LogP contribution is -2.29. The van der Waals surface area contributed by atoms with Gasteiger partial charge in [-0.05, 0) is 73.0 Å². The van der Waals surface area contributed by atoms with Crippen LogP contribution >= 0.6 is 11.8 Å². The van der Waals surface area contributed by atoms with Crippen molar-refractivity contribution in [1.29, 1.82) is 0 Å². The molecule has 3 rings (SSSR count). The van der Waals surface area contributed by atoms with Crippen LogP contribution < -0.4 is 5.69 Å². The standard InChI is InChI=1S/C21H22F3N3O2S/c1-13(2)12-18(15-8-10-25-11-9-15)26-14(3)19(28)27(20(26)29)16-4-6-17(7-5-16)30-21(22,23)24/h4-11,13,18,28H,12H2,1-3H3. The number of alkyl halides is 3. The molecular weight excluding hydrogens is 415 g/mol. The first-order chi connectivity index (χ1) is 14.1. The molecule has 30 heavy (non-hydrogen) atoms. The van der Waals surface area contributed by atoms with E-state index in [9.17, 15) is 23.1 Å². The van der Waals surface area contributed by atoms with E-state index < -0.39 is 11.2 Å². The van der Waals surface area contributed by atoms with Crippen LogP contribution in [0, 0.1) is 12.8 Å². The van der Waals surface area contributed by atoms with Gasteiger partial charge in [-0.1, -0.05) is 13.8 Å². The number of benzene rings is 1. The molecule has 160 valence electrons. The number of pyridine rings is 1. The van der Waals surface area contributed by atoms with E-state index in [1.165, 1.54) is 28.8 Å². The molecule has 0 fully saturated rings. The summed E-state index contributed by atoms with van der Waals surface area (Å²) in [4.78, 5) is 17.3. The van der Waals surface area contributed by atoms with Gasteiger partial charge in [0.25, 0.3) is 0 Å². The van der Waals surface area contributed by atoms with Gasteiger partial charge in [-0.25, -0.2) is 9.36 Å². The summed E-state index contributed by atoms with van der Waals surface area (Å²) < 4.78 is 40.3. The van der Waals surface area contributed by atoms with Gasteiger partial charge in [-0.15, -0.1) is 0 Å². The van der Waals surface area contributed by atoms with Crippen molar-refractivity contribution < 1.29 is 18.3 Å². The number of thioether (sulfide) groups is 1. The highest BCUT2D eigenvalue weighted by molar-refractivity contribution is 8.00. The Morgan fingerprint density at radius 1 is 1.10 bits per heavy atom. The third-order valence-corrected chi connectivity index (χ3v) is 5.46. The van der Waals surface area contributed by atoms with Crippen LogP contribution in [0.4, 0.5) is 13.2 Å². The van der Waals surface area contributed by atoms with Crippen LogP contribution in [0.1, 0.15) is 37.6 Å². The summed E-state index contributed by atoms with van der Waals surface area (Å²) in [6.45, 7) is 5.74. The average Bonchev–Trinajstić information content (AvgIpc) is 2.89. The van der Waals surface area contributed by atoms with Gasteiger partial charge in [0.05, 0.1) is 17.4 Å². The Labute approximate surface area is 176 Å². The van der Waals surface area contributed by atoms with Crippen LogP contribution in [0.2, 0.25) is 0 Å². The molecule has 0 aliphatic heterocycles. The first-order valence-electron chi connectivity index (χ1n) is 9.37. The number of hydrogen-bond donors (Lipinski definition) is 1. The van der Waals surface area contributed by atoms with E-state index in [1.807, 2.05) is 26.0 Å². The van der Waals surface area contributed by atoms with Gasteiger partial charge in [0.1, 0.15) is 0 Å². The Morgan fingerprint density at radius 3 is 2.23 bits per heavy atom. The molecule has 0 bridgehead atoms. The second-order valence-corrected chi connectivity index (χ2v) is 8.50. The number of imidazole rings is 1. The summed E-state index contributed by atoms with van der Waals surface area (Å²) in [5.74, 6) is 0.0395. The maximum Gasteiger partial charge on any atom is 0.446 e. The molecule has 0 aliphatic rings. The first-order valence-corrected chi connectivity index (χ1v) is 10.2. The van der Waals surface area contributed by atoms with Crippen LogP contribution in [0.5, 0.6) is 5.88 Å². The van der Waals surface area contributed by atoms with E-state index in [0.717, 1.165) is 10.1 Å². The van der Waals surface area contributed by atoms with Crippen LogP contribution in [-0.2, 0) is 0 Å². The summed E-state index contributed by atoms with van der Waals surface area (Å²) in [6.07, 6.45) is 3.96. The minimum absolute atomic E-state index is 0.00409. The smallest absolute Gasteiger partial charge is 0.446 e. The van der Waals surface area contributed by atoms with E-state index in [1.54, 1.807) is 19.3 Å². The van der Waals surface area contributed by atoms with Crippen molar-refractivity contribution >= 4 is 11.8 Å². The molecule has 0 amide bonds. The normalized spacial score (nSPS) is 13.0. The van der Waals surface area contributed by atoms with Crippen LogP contribution in [0.25, 0.3) is 5.69 Å². The minimum Gasteiger partial charge on any atom is -0.493 e. The highest BCUT2D eigenvalue weighted by atomic mass is 32.2. The third-order valence-electron chi connectivity index (χ3n) is 4.72. The molecule has 5 nitrogen and oxygen atoms in total. The van der Waals surface area contributed by atoms with Crippen molar-refractivity contribution in [1.82, 2.24) is 14.1 Å². The molecule has 0 saturated heterocycles. The zero-order valence-electron chi connectivity index (χ0n) is 16.7. The predicted molar refractivity (Wildman–Crippen MR) is 110 cm³/mol. The fourth-order valence-corrected chi connectivity index (χ4v) is 3.97. The maximum absolute atomic E-state index is 13.3. The van der Waals surface area contributed by atoms with Gasteiger partial charge in [0.2, 0.25) is 5.88 Å². The number of aromatic hydroxyl groups is 1. The Morgan fingerprint density at radius 2 is 1.70 bits per heavy atom. The monoisotopic (exact) mass is 437 g/mol. The molecule has 1 aromatic carbocycles. The Balaban J connectivity index is 2.07. The zero-order valence-corrected chi connectivity index (χ0v) is 17.5. The van der Waals surface area contributed by atoms with Crippen molar-refractivity contribution in [3.05, 3.63) is 70.5 Å². The molecule has 0 spiro atoms. The summed E-state index contributed by atoms with van der Waals surface area (Å²) in [6, 6.07) is 8.69. The van der Waals surface area contributed by atoms with Gasteiger partial charge in [0, 0.05) is 17.3 Å². The fourth-order valence-electron chi connectivity index (χ4n) is 3.43. The van der Waals surface area contributed by atoms with Crippen molar-refractivity contribution in [2.75, 3.05) is 0 Å². The lowest BCUT2D eigenvalue weighted by Gasteiger charge is -2.21. The van der Waals surface area contributed by atoms with Crippen molar-refractivity contribution in [2.45, 2.75) is 43.6 Å². The molecule has 2 aromatic heterocycles. The second kappa shape index (κ2) is 8.59. The number of rotatable bonds is 6. The summed E-state index contributed by atoms with van der Waals surface area (Å²) in [7, 11) is 0. The molecule has 0 radical (unpaired) electrons. The molecule has 3 aromatic rings. The summed E-state index contributed by atoms with van der Waals surface area (Å²) in [5, 5.41) is 10.7. The van der Waals surface area contributed by atoms with Crippen molar-refractivity contribution in [2.24, 2.45) is 5.92 Å². The molecule has 2 heterocycles. The van der Waals surface area contributed by atoms with Crippen molar-refractivity contribution in [3.63, 3.8) is 0 Å². The van der Waals surface area contributed by atoms with E-state index in [2.05, 4.69) is 4.98 Å². The summed E-state index contributed by atoms with van der Waals surface area (Å²) in [5.41, 5.74) is -3.28. The van der Waals surface area contributed by atoms with E-state index in [4.69, 9.17) is 0 Å². The topological polar surface area (TPSA) is 60.1 Å². The number of aromatic nitrogens is 3. The highest BCUT2D eigenvalue weighted by Crippen LogP contribution is 2.37. The van der Waals surface area contributed by atoms with E-state index in [-0.39, 0.29) is 34.5 Å². The highest BCUT2D eigenvalue weighted by Gasteiger charge is 2.29. The SMILES string of the molecule is Cc1c(O)n(-c2ccc(SC(F)(F)F)cc2)c(=O)n1C(CC(C)C)c1ccncc1. The largest absolute Gasteiger partial charge is 0.493 e. The fraction of sp³-hybridized carbons (Fsp3) is 0.333. The van der Waals surface area contributed by atoms with E-state index in [0.29, 0.717) is 17.8 Å². The van der Waals surface area contributed by atoms with E-state index >= 15 is 0 Å². The predicted octanol–water partition coefficient (Wildman–Crippen LogP) is 5.30. The van der Waals surface area contributed by atoms with Crippen molar-refractivity contribution in [3.8, 4) is 11.6 Å². The van der Waals surface area contributed by atoms with Gasteiger partial charge in [-0.3, -0.25) is 9.55 Å².